The Balaban J connectivity index is 1.43. The van der Waals surface area contributed by atoms with Crippen LogP contribution in [0.15, 0.2) is 82.9 Å². The molecule has 1 fully saturated rings. The van der Waals surface area contributed by atoms with E-state index in [1.807, 2.05) is 60.7 Å². The van der Waals surface area contributed by atoms with E-state index >= 15 is 0 Å². The first-order chi connectivity index (χ1) is 17.6. The van der Waals surface area contributed by atoms with E-state index in [0.717, 1.165) is 16.8 Å². The summed E-state index contributed by atoms with van der Waals surface area (Å²) < 4.78 is 10.9. The Morgan fingerprint density at radius 2 is 1.83 bits per heavy atom. The number of nitrogens with one attached hydrogen (secondary N) is 2. The molecule has 2 aromatic carbocycles. The normalized spacial score (nSPS) is 17.9. The van der Waals surface area contributed by atoms with Crippen LogP contribution in [-0.4, -0.2) is 61.0 Å². The first kappa shape index (κ1) is 23.2. The molecule has 1 atom stereocenters. The number of hydrogen-bond donors (Lipinski definition) is 3. The van der Waals surface area contributed by atoms with Gasteiger partial charge in [0.2, 0.25) is 12.1 Å². The molecule has 1 aromatic heterocycles. The maximum atomic E-state index is 13.0. The summed E-state index contributed by atoms with van der Waals surface area (Å²) in [5.41, 5.74) is 9.94. The fraction of sp³-hybridized carbons (Fsp3) is 0.192. The Morgan fingerprint density at radius 3 is 2.64 bits per heavy atom. The Morgan fingerprint density at radius 1 is 1.08 bits per heavy atom. The van der Waals surface area contributed by atoms with Gasteiger partial charge >= 0.3 is 0 Å². The van der Waals surface area contributed by atoms with Gasteiger partial charge in [-0.1, -0.05) is 48.5 Å². The molecule has 36 heavy (non-hydrogen) atoms. The van der Waals surface area contributed by atoms with Crippen molar-refractivity contribution in [3.05, 3.63) is 89.7 Å². The predicted octanol–water partition coefficient (Wildman–Crippen LogP) is 2.39. The van der Waals surface area contributed by atoms with Gasteiger partial charge in [-0.25, -0.2) is 9.98 Å². The highest BCUT2D eigenvalue weighted by atomic mass is 16.5. The van der Waals surface area contributed by atoms with Crippen LogP contribution in [0.1, 0.15) is 16.8 Å². The van der Waals surface area contributed by atoms with Crippen molar-refractivity contribution in [2.75, 3.05) is 36.5 Å². The molecule has 0 spiro atoms. The minimum absolute atomic E-state index is 0.275. The molecule has 2 aliphatic heterocycles. The fourth-order valence-corrected chi connectivity index (χ4v) is 4.09. The zero-order valence-corrected chi connectivity index (χ0v) is 19.4. The lowest BCUT2D eigenvalue weighted by Crippen LogP contribution is -2.37. The van der Waals surface area contributed by atoms with E-state index in [1.165, 1.54) is 0 Å². The van der Waals surface area contributed by atoms with Crippen LogP contribution in [0, 0.1) is 5.41 Å². The van der Waals surface area contributed by atoms with Gasteiger partial charge in [0.1, 0.15) is 5.69 Å². The molecule has 1 saturated heterocycles. The summed E-state index contributed by atoms with van der Waals surface area (Å²) in [5.74, 6) is -0.735. The minimum atomic E-state index is -1.21. The molecule has 0 bridgehead atoms. The molecule has 5 rings (SSSR count). The number of carbonyl (C=O) groups is 1. The zero-order valence-electron chi connectivity index (χ0n) is 19.4. The van der Waals surface area contributed by atoms with Gasteiger partial charge < -0.3 is 25.4 Å². The zero-order chi connectivity index (χ0) is 24.9. The van der Waals surface area contributed by atoms with E-state index < -0.39 is 12.1 Å². The Hall–Kier alpha value is -4.57. The molecule has 3 aromatic rings. The Labute approximate surface area is 208 Å². The number of ether oxygens (including phenoxy) is 2. The van der Waals surface area contributed by atoms with Gasteiger partial charge in [0.15, 0.2) is 0 Å². The second-order valence-electron chi connectivity index (χ2n) is 8.12. The van der Waals surface area contributed by atoms with Crippen LogP contribution < -0.4 is 16.0 Å². The predicted molar refractivity (Wildman–Crippen MR) is 138 cm³/mol. The monoisotopic (exact) mass is 483 g/mol. The van der Waals surface area contributed by atoms with Crippen LogP contribution in [0.25, 0.3) is 0 Å². The first-order valence-electron chi connectivity index (χ1n) is 11.5. The molecule has 10 heteroatoms. The van der Waals surface area contributed by atoms with E-state index in [-0.39, 0.29) is 11.9 Å². The average molecular weight is 484 g/mol. The Kier molecular flexibility index (Phi) is 6.67. The third kappa shape index (κ3) is 4.93. The van der Waals surface area contributed by atoms with Crippen molar-refractivity contribution >= 4 is 34.9 Å². The lowest BCUT2D eigenvalue weighted by atomic mass is 10.0. The lowest BCUT2D eigenvalue weighted by Gasteiger charge is -2.29. The number of nitrogens with two attached hydrogens (primary N) is 1. The SMILES string of the molecule is N=C(O/C(N)=N/C1N=C(c2ccccc2)c2ccccc2NC1=O)c1ncccc1N1CCOCC1. The number of hydrogen-bond acceptors (Lipinski definition) is 8. The van der Waals surface area contributed by atoms with Crippen LogP contribution in [0.5, 0.6) is 0 Å². The van der Waals surface area contributed by atoms with Gasteiger partial charge in [-0.2, -0.15) is 4.99 Å². The molecule has 1 unspecified atom stereocenters. The van der Waals surface area contributed by atoms with Crippen molar-refractivity contribution in [3.63, 3.8) is 0 Å². The van der Waals surface area contributed by atoms with Crippen molar-refractivity contribution in [1.29, 1.82) is 5.41 Å². The Bertz CT molecular complexity index is 1330. The number of aromatic nitrogens is 1. The summed E-state index contributed by atoms with van der Waals surface area (Å²) in [6.07, 6.45) is 0.375. The molecular formula is C26H25N7O3. The molecule has 182 valence electrons. The largest absolute Gasteiger partial charge is 0.405 e. The number of benzodiazepines with no additional fused rings is 1. The number of fused-ring (bicyclic) bond motifs is 1. The third-order valence-corrected chi connectivity index (χ3v) is 5.78. The van der Waals surface area contributed by atoms with Crippen molar-refractivity contribution in [1.82, 2.24) is 4.98 Å². The van der Waals surface area contributed by atoms with Crippen LogP contribution in [-0.2, 0) is 14.3 Å². The lowest BCUT2D eigenvalue weighted by molar-refractivity contribution is -0.117. The smallest absolute Gasteiger partial charge is 0.291 e. The topological polar surface area (TPSA) is 138 Å². The number of para-hydroxylation sites is 1. The number of amidine groups is 1. The third-order valence-electron chi connectivity index (χ3n) is 5.78. The second kappa shape index (κ2) is 10.4. The van der Waals surface area contributed by atoms with E-state index in [2.05, 4.69) is 25.2 Å². The molecular weight excluding hydrogens is 458 g/mol. The van der Waals surface area contributed by atoms with Gasteiger partial charge in [0.05, 0.1) is 30.3 Å². The van der Waals surface area contributed by atoms with Crippen LogP contribution in [0.4, 0.5) is 11.4 Å². The first-order valence-corrected chi connectivity index (χ1v) is 11.5. The molecule has 4 N–H and O–H groups in total. The van der Waals surface area contributed by atoms with E-state index in [0.29, 0.717) is 43.4 Å². The highest BCUT2D eigenvalue weighted by Crippen LogP contribution is 2.25. The van der Waals surface area contributed by atoms with Crippen molar-refractivity contribution < 1.29 is 14.3 Å². The summed E-state index contributed by atoms with van der Waals surface area (Å²) in [5, 5.41) is 11.3. The second-order valence-corrected chi connectivity index (χ2v) is 8.12. The molecule has 3 heterocycles. The number of aliphatic imine (C=N–C) groups is 2. The molecule has 0 radical (unpaired) electrons. The van der Waals surface area contributed by atoms with Crippen molar-refractivity contribution in [3.8, 4) is 0 Å². The van der Waals surface area contributed by atoms with Crippen molar-refractivity contribution in [2.24, 2.45) is 15.7 Å². The number of pyridine rings is 1. The number of anilines is 2. The number of rotatable bonds is 4. The summed E-state index contributed by atoms with van der Waals surface area (Å²) >= 11 is 0. The van der Waals surface area contributed by atoms with Crippen molar-refractivity contribution in [2.45, 2.75) is 6.17 Å². The van der Waals surface area contributed by atoms with E-state index in [1.54, 1.807) is 12.3 Å². The highest BCUT2D eigenvalue weighted by Gasteiger charge is 2.26. The summed E-state index contributed by atoms with van der Waals surface area (Å²) in [6.45, 7) is 2.53. The average Bonchev–Trinajstić information content (AvgIpc) is 3.05. The summed E-state index contributed by atoms with van der Waals surface area (Å²) in [4.78, 5) is 28.2. The van der Waals surface area contributed by atoms with Crippen LogP contribution in [0.2, 0.25) is 0 Å². The van der Waals surface area contributed by atoms with Crippen LogP contribution >= 0.6 is 0 Å². The number of benzene rings is 2. The number of amides is 1. The maximum absolute atomic E-state index is 13.0. The molecule has 1 amide bonds. The molecule has 0 saturated carbocycles. The van der Waals surface area contributed by atoms with Crippen LogP contribution in [0.3, 0.4) is 0 Å². The molecule has 10 nitrogen and oxygen atoms in total. The van der Waals surface area contributed by atoms with Gasteiger partial charge in [-0.3, -0.25) is 10.2 Å². The quantitative estimate of drug-likeness (QED) is 0.385. The summed E-state index contributed by atoms with van der Waals surface area (Å²) in [6, 6.07) is 20.2. The van der Waals surface area contributed by atoms with Gasteiger partial charge in [0.25, 0.3) is 11.9 Å². The highest BCUT2D eigenvalue weighted by molar-refractivity contribution is 6.19. The maximum Gasteiger partial charge on any atom is 0.291 e. The number of morpholine rings is 1. The van der Waals surface area contributed by atoms with Gasteiger partial charge in [-0.15, -0.1) is 0 Å². The minimum Gasteiger partial charge on any atom is -0.405 e. The van der Waals surface area contributed by atoms with Gasteiger partial charge in [-0.05, 0) is 18.2 Å². The molecule has 2 aliphatic rings. The molecule has 0 aliphatic carbocycles. The number of carbonyl (C=O) groups excluding carboxylic acids is 1. The van der Waals surface area contributed by atoms with E-state index in [9.17, 15) is 4.79 Å². The standard InChI is InChI=1S/C26H25N7O3/c27-23(22-20(11-6-12-29-22)33-13-15-35-16-14-33)36-26(28)32-24-25(34)30-19-10-5-4-9-18(19)21(31-24)17-7-2-1-3-8-17/h1-12,24,27H,13-16H2,(H2,28,32)(H,30,34). The fourth-order valence-electron chi connectivity index (χ4n) is 4.09. The summed E-state index contributed by atoms with van der Waals surface area (Å²) in [7, 11) is 0. The van der Waals surface area contributed by atoms with E-state index in [4.69, 9.17) is 20.6 Å². The number of nitrogens with zero attached hydrogens (tertiary/aromatic N) is 4. The van der Waals surface area contributed by atoms with Gasteiger partial charge in [0, 0.05) is 30.4 Å².